The Bertz CT molecular complexity index is 1530. The molecule has 0 aliphatic heterocycles. The largest absolute Gasteiger partial charge is 0.481 e. The molecule has 5 atom stereocenters. The van der Waals surface area contributed by atoms with Gasteiger partial charge in [0.2, 0.25) is 0 Å². The van der Waals surface area contributed by atoms with Crippen LogP contribution in [0.5, 0.6) is 0 Å². The number of aryl methyl sites for hydroxylation is 1. The number of benzene rings is 2. The van der Waals surface area contributed by atoms with E-state index in [1.165, 1.54) is 12.1 Å². The molecule has 6 nitrogen and oxygen atoms in total. The zero-order chi connectivity index (χ0) is 30.4. The molecule has 0 heterocycles. The van der Waals surface area contributed by atoms with E-state index in [4.69, 9.17) is 16.7 Å². The van der Waals surface area contributed by atoms with Crippen LogP contribution < -0.4 is 5.32 Å². The highest BCUT2D eigenvalue weighted by Gasteiger charge is 2.60. The summed E-state index contributed by atoms with van der Waals surface area (Å²) < 4.78 is 13.7. The van der Waals surface area contributed by atoms with Crippen molar-refractivity contribution in [3.63, 3.8) is 0 Å². The first-order valence-electron chi connectivity index (χ1n) is 14.4. The van der Waals surface area contributed by atoms with Gasteiger partial charge in [-0.2, -0.15) is 0 Å². The molecule has 0 radical (unpaired) electrons. The molecule has 0 aromatic heterocycles. The van der Waals surface area contributed by atoms with Crippen LogP contribution in [0.15, 0.2) is 60.2 Å². The van der Waals surface area contributed by atoms with Crippen molar-refractivity contribution in [2.24, 2.45) is 28.6 Å². The summed E-state index contributed by atoms with van der Waals surface area (Å²) >= 11 is 5.95. The van der Waals surface area contributed by atoms with Crippen LogP contribution in [0.4, 0.5) is 15.8 Å². The molecule has 42 heavy (non-hydrogen) atoms. The van der Waals surface area contributed by atoms with Gasteiger partial charge in [0.25, 0.3) is 0 Å². The van der Waals surface area contributed by atoms with Gasteiger partial charge in [-0.3, -0.25) is 19.2 Å². The van der Waals surface area contributed by atoms with Gasteiger partial charge < -0.3 is 10.4 Å². The van der Waals surface area contributed by atoms with E-state index in [-0.39, 0.29) is 45.4 Å². The number of aliphatic carboxylic acids is 1. The Morgan fingerprint density at radius 3 is 2.60 bits per heavy atom. The SMILES string of the molecule is C[C@]12C=CC(=O)C=C1C(=O)C[C@@H]1[C@@H]2CC[C@]2(C)C(=O)CC[C@@H]12.Cc1ccc(Nc2c(F)cccc2Cl)c(CC(=O)O)c1. The third kappa shape index (κ3) is 5.35. The highest BCUT2D eigenvalue weighted by Crippen LogP contribution is 2.62. The molecule has 3 fully saturated rings. The van der Waals surface area contributed by atoms with Crippen molar-refractivity contribution in [2.75, 3.05) is 5.32 Å². The summed E-state index contributed by atoms with van der Waals surface area (Å²) in [5.41, 5.74) is 2.36. The second-order valence-electron chi connectivity index (χ2n) is 12.5. The van der Waals surface area contributed by atoms with Crippen molar-refractivity contribution in [3.05, 3.63) is 82.2 Å². The second kappa shape index (κ2) is 11.3. The number of carbonyl (C=O) groups excluding carboxylic acids is 3. The van der Waals surface area contributed by atoms with Crippen molar-refractivity contribution in [3.8, 4) is 0 Å². The summed E-state index contributed by atoms with van der Waals surface area (Å²) in [4.78, 5) is 47.6. The Morgan fingerprint density at radius 2 is 1.88 bits per heavy atom. The van der Waals surface area contributed by atoms with Gasteiger partial charge in [-0.1, -0.05) is 55.3 Å². The minimum Gasteiger partial charge on any atom is -0.481 e. The first-order chi connectivity index (χ1) is 19.8. The molecule has 6 rings (SSSR count). The molecule has 220 valence electrons. The Hall–Kier alpha value is -3.58. The minimum atomic E-state index is -0.946. The Kier molecular flexibility index (Phi) is 8.01. The van der Waals surface area contributed by atoms with Crippen LogP contribution in [0, 0.1) is 41.3 Å². The number of halogens is 2. The number of para-hydroxylation sites is 1. The number of nitrogens with one attached hydrogen (secondary N) is 1. The summed E-state index contributed by atoms with van der Waals surface area (Å²) in [6, 6.07) is 9.66. The van der Waals surface area contributed by atoms with Gasteiger partial charge in [0.05, 0.1) is 17.1 Å². The van der Waals surface area contributed by atoms with Gasteiger partial charge in [-0.15, -0.1) is 0 Å². The van der Waals surface area contributed by atoms with Gasteiger partial charge in [0.15, 0.2) is 11.6 Å². The number of hydrogen-bond donors (Lipinski definition) is 2. The number of ketones is 3. The lowest BCUT2D eigenvalue weighted by atomic mass is 9.48. The normalized spacial score (nSPS) is 29.5. The third-order valence-electron chi connectivity index (χ3n) is 9.92. The van der Waals surface area contributed by atoms with Crippen molar-refractivity contribution >= 4 is 46.3 Å². The van der Waals surface area contributed by atoms with Gasteiger partial charge in [0, 0.05) is 34.9 Å². The first-order valence-corrected chi connectivity index (χ1v) is 14.8. The Labute approximate surface area is 250 Å². The lowest BCUT2D eigenvalue weighted by Gasteiger charge is -2.54. The van der Waals surface area contributed by atoms with E-state index in [0.717, 1.165) is 24.8 Å². The van der Waals surface area contributed by atoms with Crippen LogP contribution >= 0.6 is 11.6 Å². The molecule has 2 aromatic rings. The summed E-state index contributed by atoms with van der Waals surface area (Å²) in [5.74, 6) is 0.0116. The predicted molar refractivity (Wildman–Crippen MR) is 159 cm³/mol. The zero-order valence-electron chi connectivity index (χ0n) is 24.0. The highest BCUT2D eigenvalue weighted by molar-refractivity contribution is 6.33. The Morgan fingerprint density at radius 1 is 1.12 bits per heavy atom. The zero-order valence-corrected chi connectivity index (χ0v) is 24.8. The van der Waals surface area contributed by atoms with Gasteiger partial charge in [0.1, 0.15) is 11.6 Å². The molecule has 2 aromatic carbocycles. The molecule has 0 amide bonds. The average Bonchev–Trinajstić information content (AvgIpc) is 3.23. The number of allylic oxidation sites excluding steroid dienone is 4. The fourth-order valence-electron chi connectivity index (χ4n) is 7.71. The van der Waals surface area contributed by atoms with E-state index in [1.807, 2.05) is 19.1 Å². The first kappa shape index (κ1) is 29.9. The average molecular weight is 592 g/mol. The molecule has 4 aliphatic carbocycles. The molecular weight excluding hydrogens is 557 g/mol. The minimum absolute atomic E-state index is 0.0732. The van der Waals surface area contributed by atoms with Gasteiger partial charge in [-0.25, -0.2) is 4.39 Å². The topological polar surface area (TPSA) is 101 Å². The highest BCUT2D eigenvalue weighted by atomic mass is 35.5. The molecule has 0 bridgehead atoms. The van der Waals surface area contributed by atoms with Crippen LogP contribution in [0.1, 0.15) is 57.1 Å². The maximum atomic E-state index is 13.7. The number of Topliss-reactive ketones (excluding diaryl/α,β-unsaturated/α-hetero) is 2. The molecule has 0 spiro atoms. The second-order valence-corrected chi connectivity index (χ2v) is 12.9. The van der Waals surface area contributed by atoms with Crippen molar-refractivity contribution in [1.82, 2.24) is 0 Å². The number of fused-ring (bicyclic) bond motifs is 5. The molecule has 2 N–H and O–H groups in total. The number of hydrogen-bond acceptors (Lipinski definition) is 5. The van der Waals surface area contributed by atoms with E-state index >= 15 is 0 Å². The number of carbonyl (C=O) groups is 4. The quantitative estimate of drug-likeness (QED) is 0.390. The van der Waals surface area contributed by atoms with E-state index in [2.05, 4.69) is 19.2 Å². The van der Waals surface area contributed by atoms with E-state index < -0.39 is 11.8 Å². The summed E-state index contributed by atoms with van der Waals surface area (Å²) in [6.45, 7) is 6.09. The van der Waals surface area contributed by atoms with Gasteiger partial charge in [-0.05, 0) is 79.9 Å². The van der Waals surface area contributed by atoms with Crippen LogP contribution in [0.25, 0.3) is 0 Å². The molecule has 4 aliphatic rings. The molecular formula is C34H35ClFNO5. The van der Waals surface area contributed by atoms with Crippen molar-refractivity contribution in [1.29, 1.82) is 0 Å². The fraction of sp³-hybridized carbons (Fsp3) is 0.412. The fourth-order valence-corrected chi connectivity index (χ4v) is 7.92. The van der Waals surface area contributed by atoms with E-state index in [1.54, 1.807) is 30.4 Å². The predicted octanol–water partition coefficient (Wildman–Crippen LogP) is 7.20. The van der Waals surface area contributed by atoms with Crippen LogP contribution in [-0.2, 0) is 25.6 Å². The molecule has 0 unspecified atom stereocenters. The summed E-state index contributed by atoms with van der Waals surface area (Å²) in [6.07, 6.45) is 9.00. The van der Waals surface area contributed by atoms with E-state index in [9.17, 15) is 23.6 Å². The monoisotopic (exact) mass is 591 g/mol. The Balaban J connectivity index is 0.000000169. The lowest BCUT2D eigenvalue weighted by Crippen LogP contribution is -2.52. The standard InChI is InChI=1S/C19H22O3.C15H13ClFNO2/c1-18-7-5-11(20)9-15(18)16(21)10-12-13-3-4-17(22)19(13,2)8-6-14(12)18;1-9-5-6-13(10(7-9)8-14(19)20)18-15-11(16)3-2-4-12(15)17/h5,7,9,12-14H,3-4,6,8,10H2,1-2H3;2-7,18H,8H2,1H3,(H,19,20)/t12-,13-,14-,18+,19-;/m0./s1. The number of carboxylic acids is 1. The van der Waals surface area contributed by atoms with Gasteiger partial charge >= 0.3 is 5.97 Å². The van der Waals surface area contributed by atoms with Crippen molar-refractivity contribution < 1.29 is 28.7 Å². The molecule has 3 saturated carbocycles. The number of anilines is 2. The maximum Gasteiger partial charge on any atom is 0.307 e. The van der Waals surface area contributed by atoms with Crippen molar-refractivity contribution in [2.45, 2.75) is 59.3 Å². The maximum absolute atomic E-state index is 13.7. The van der Waals surface area contributed by atoms with E-state index in [0.29, 0.717) is 47.3 Å². The summed E-state index contributed by atoms with van der Waals surface area (Å²) in [5, 5.41) is 12.0. The molecule has 0 saturated heterocycles. The summed E-state index contributed by atoms with van der Waals surface area (Å²) in [7, 11) is 0. The van der Waals surface area contributed by atoms with Crippen LogP contribution in [-0.4, -0.2) is 28.4 Å². The number of rotatable bonds is 4. The number of carboxylic acid groups (broad SMARTS) is 1. The molecule has 8 heteroatoms. The lowest BCUT2D eigenvalue weighted by molar-refractivity contribution is -0.136. The van der Waals surface area contributed by atoms with Crippen LogP contribution in [0.2, 0.25) is 5.02 Å². The van der Waals surface area contributed by atoms with Crippen LogP contribution in [0.3, 0.4) is 0 Å². The third-order valence-corrected chi connectivity index (χ3v) is 10.2. The smallest absolute Gasteiger partial charge is 0.307 e.